The number of ether oxygens (including phenoxy) is 1. The van der Waals surface area contributed by atoms with E-state index in [-0.39, 0.29) is 39.6 Å². The number of amides is 1. The Kier molecular flexibility index (Phi) is 9.37. The summed E-state index contributed by atoms with van der Waals surface area (Å²) in [5.74, 6) is -6.54. The molecule has 0 heterocycles. The fraction of sp³-hybridized carbons (Fsp3) is 0.417. The molecule has 0 bridgehead atoms. The second kappa shape index (κ2) is 11.4. The van der Waals surface area contributed by atoms with Crippen molar-refractivity contribution in [3.63, 3.8) is 0 Å². The number of hydrogen-bond donors (Lipinski definition) is 1. The Labute approximate surface area is 205 Å². The highest BCUT2D eigenvalue weighted by molar-refractivity contribution is 6.33. The van der Waals surface area contributed by atoms with E-state index in [4.69, 9.17) is 27.9 Å². The van der Waals surface area contributed by atoms with Crippen LogP contribution >= 0.6 is 23.2 Å². The van der Waals surface area contributed by atoms with Gasteiger partial charge in [0.2, 0.25) is 5.91 Å². The van der Waals surface area contributed by atoms with E-state index < -0.39 is 35.7 Å². The van der Waals surface area contributed by atoms with Crippen LogP contribution in [0.25, 0.3) is 0 Å². The van der Waals surface area contributed by atoms with Gasteiger partial charge in [-0.15, -0.1) is 0 Å². The van der Waals surface area contributed by atoms with E-state index in [9.17, 15) is 27.2 Å². The molecular formula is C24H25Cl2F4NO3. The molecule has 0 spiro atoms. The first kappa shape index (κ1) is 27.9. The smallest absolute Gasteiger partial charge is 0.392 e. The Morgan fingerprint density at radius 2 is 1.59 bits per heavy atom. The van der Waals surface area contributed by atoms with Gasteiger partial charge in [0.15, 0.2) is 0 Å². The number of anilines is 1. The molecule has 0 saturated heterocycles. The molecule has 4 nitrogen and oxygen atoms in total. The monoisotopic (exact) mass is 521 g/mol. The van der Waals surface area contributed by atoms with E-state index in [0.717, 1.165) is 19.1 Å². The van der Waals surface area contributed by atoms with Crippen LogP contribution in [0.3, 0.4) is 0 Å². The summed E-state index contributed by atoms with van der Waals surface area (Å²) in [6, 6.07) is 7.78. The van der Waals surface area contributed by atoms with E-state index in [1.807, 2.05) is 13.8 Å². The van der Waals surface area contributed by atoms with Gasteiger partial charge < -0.3 is 10.1 Å². The van der Waals surface area contributed by atoms with E-state index >= 15 is 0 Å². The van der Waals surface area contributed by atoms with Crippen LogP contribution in [0.1, 0.15) is 50.2 Å². The molecule has 186 valence electrons. The Hall–Kier alpha value is -2.32. The zero-order chi connectivity index (χ0) is 25.8. The predicted octanol–water partition coefficient (Wildman–Crippen LogP) is 7.36. The molecule has 0 aliphatic carbocycles. The van der Waals surface area contributed by atoms with Gasteiger partial charge in [-0.25, -0.2) is 4.39 Å². The average molecular weight is 522 g/mol. The molecule has 0 fully saturated rings. The van der Waals surface area contributed by atoms with Gasteiger partial charge in [0.25, 0.3) is 0 Å². The van der Waals surface area contributed by atoms with E-state index in [1.165, 1.54) is 25.3 Å². The highest BCUT2D eigenvalue weighted by Gasteiger charge is 2.45. The predicted molar refractivity (Wildman–Crippen MR) is 124 cm³/mol. The minimum atomic E-state index is -4.73. The van der Waals surface area contributed by atoms with Gasteiger partial charge in [0.1, 0.15) is 5.82 Å². The van der Waals surface area contributed by atoms with Crippen molar-refractivity contribution >= 4 is 40.8 Å². The molecule has 0 aliphatic heterocycles. The largest absolute Gasteiger partial charge is 0.469 e. The van der Waals surface area contributed by atoms with Crippen molar-refractivity contribution in [3.8, 4) is 0 Å². The van der Waals surface area contributed by atoms with Crippen LogP contribution in [0.4, 0.5) is 23.2 Å². The molecule has 2 rings (SSSR count). The molecule has 3 atom stereocenters. The molecule has 3 unspecified atom stereocenters. The summed E-state index contributed by atoms with van der Waals surface area (Å²) < 4.78 is 59.5. The van der Waals surface area contributed by atoms with Crippen LogP contribution in [-0.2, 0) is 14.3 Å². The van der Waals surface area contributed by atoms with Crippen LogP contribution in [-0.4, -0.2) is 25.2 Å². The number of carbonyl (C=O) groups is 2. The molecule has 10 heteroatoms. The first-order chi connectivity index (χ1) is 15.8. The topological polar surface area (TPSA) is 55.4 Å². The first-order valence-electron chi connectivity index (χ1n) is 10.4. The fourth-order valence-electron chi connectivity index (χ4n) is 3.64. The summed E-state index contributed by atoms with van der Waals surface area (Å²) in [7, 11) is 1.27. The second-order valence-corrected chi connectivity index (χ2v) is 9.16. The lowest BCUT2D eigenvalue weighted by Gasteiger charge is -2.26. The molecule has 0 radical (unpaired) electrons. The van der Waals surface area contributed by atoms with Crippen molar-refractivity contribution in [1.82, 2.24) is 0 Å². The summed E-state index contributed by atoms with van der Waals surface area (Å²) >= 11 is 11.9. The summed E-state index contributed by atoms with van der Waals surface area (Å²) in [5.41, 5.74) is 0.550. The number of alkyl halides is 3. The van der Waals surface area contributed by atoms with Gasteiger partial charge in [0, 0.05) is 0 Å². The molecule has 1 amide bonds. The third-order valence-electron chi connectivity index (χ3n) is 5.70. The van der Waals surface area contributed by atoms with Crippen molar-refractivity contribution in [2.45, 2.75) is 45.2 Å². The number of carbonyl (C=O) groups excluding carboxylic acids is 2. The molecule has 0 saturated carbocycles. The number of benzene rings is 2. The maximum absolute atomic E-state index is 14.0. The van der Waals surface area contributed by atoms with Gasteiger partial charge in [-0.2, -0.15) is 13.2 Å². The number of nitrogens with one attached hydrogen (secondary N) is 1. The van der Waals surface area contributed by atoms with Crippen LogP contribution in [0.5, 0.6) is 0 Å². The highest BCUT2D eigenvalue weighted by atomic mass is 35.5. The van der Waals surface area contributed by atoms with E-state index in [2.05, 4.69) is 5.32 Å². The highest BCUT2D eigenvalue weighted by Crippen LogP contribution is 2.40. The van der Waals surface area contributed by atoms with Crippen molar-refractivity contribution in [3.05, 3.63) is 63.4 Å². The molecule has 34 heavy (non-hydrogen) atoms. The van der Waals surface area contributed by atoms with Crippen LogP contribution in [0.15, 0.2) is 36.4 Å². The van der Waals surface area contributed by atoms with Gasteiger partial charge in [-0.1, -0.05) is 56.1 Å². The zero-order valence-corrected chi connectivity index (χ0v) is 20.5. The third-order valence-corrected chi connectivity index (χ3v) is 6.33. The minimum absolute atomic E-state index is 0.0128. The van der Waals surface area contributed by atoms with Gasteiger partial charge in [-0.05, 0) is 47.2 Å². The Balaban J connectivity index is 2.45. The number of esters is 1. The third kappa shape index (κ3) is 6.85. The van der Waals surface area contributed by atoms with Crippen molar-refractivity contribution in [2.75, 3.05) is 12.4 Å². The normalized spacial score (nSPS) is 14.4. The van der Waals surface area contributed by atoms with Gasteiger partial charge in [0.05, 0.1) is 41.1 Å². The lowest BCUT2D eigenvalue weighted by Crippen LogP contribution is -2.34. The average Bonchev–Trinajstić information content (AvgIpc) is 2.75. The van der Waals surface area contributed by atoms with Crippen LogP contribution in [0, 0.1) is 17.7 Å². The standard InChI is InChI=1S/C24H25Cl2F4NO3/c1-12(2)16(11-21(32)34-4)14-5-8-18(26)20(10-14)31-23(33)22(13(3)24(28,29)30)15-6-7-17(25)19(27)9-15/h5-10,12-13,16,22H,11H2,1-4H3,(H,31,33). The lowest BCUT2D eigenvalue weighted by atomic mass is 9.85. The Morgan fingerprint density at radius 3 is 2.12 bits per heavy atom. The molecule has 2 aromatic carbocycles. The van der Waals surface area contributed by atoms with Gasteiger partial charge >= 0.3 is 12.1 Å². The Morgan fingerprint density at radius 1 is 1.00 bits per heavy atom. The van der Waals surface area contributed by atoms with Crippen LogP contribution < -0.4 is 5.32 Å². The Bertz CT molecular complexity index is 1040. The number of halogens is 6. The molecule has 0 aromatic heterocycles. The number of methoxy groups -OCH3 is 1. The molecule has 2 aromatic rings. The fourth-order valence-corrected chi connectivity index (χ4v) is 3.93. The van der Waals surface area contributed by atoms with Crippen molar-refractivity contribution < 1.29 is 31.9 Å². The second-order valence-electron chi connectivity index (χ2n) is 8.34. The summed E-state index contributed by atoms with van der Waals surface area (Å²) in [6.45, 7) is 4.65. The molecule has 0 aliphatic rings. The zero-order valence-electron chi connectivity index (χ0n) is 19.0. The SMILES string of the molecule is COC(=O)CC(c1ccc(Cl)c(NC(=O)C(c2ccc(Cl)c(F)c2)C(C)C(F)(F)F)c1)C(C)C. The van der Waals surface area contributed by atoms with E-state index in [1.54, 1.807) is 6.07 Å². The number of hydrogen-bond acceptors (Lipinski definition) is 3. The van der Waals surface area contributed by atoms with Gasteiger partial charge in [-0.3, -0.25) is 9.59 Å². The maximum atomic E-state index is 14.0. The summed E-state index contributed by atoms with van der Waals surface area (Å²) in [6.07, 6.45) is -4.66. The minimum Gasteiger partial charge on any atom is -0.469 e. The maximum Gasteiger partial charge on any atom is 0.392 e. The lowest BCUT2D eigenvalue weighted by molar-refractivity contribution is -0.178. The summed E-state index contributed by atoms with van der Waals surface area (Å²) in [4.78, 5) is 24.9. The molecule has 1 N–H and O–H groups in total. The molecular weight excluding hydrogens is 497 g/mol. The van der Waals surface area contributed by atoms with Crippen LogP contribution in [0.2, 0.25) is 10.0 Å². The quantitative estimate of drug-likeness (QED) is 0.291. The van der Waals surface area contributed by atoms with E-state index in [0.29, 0.717) is 5.56 Å². The number of rotatable bonds is 8. The first-order valence-corrected chi connectivity index (χ1v) is 11.2. The van der Waals surface area contributed by atoms with Crippen molar-refractivity contribution in [1.29, 1.82) is 0 Å². The van der Waals surface area contributed by atoms with Crippen molar-refractivity contribution in [2.24, 2.45) is 11.8 Å². The summed E-state index contributed by atoms with van der Waals surface area (Å²) in [5, 5.41) is 2.28.